The number of nitrogens with one attached hydrogen (secondary N) is 1. The highest BCUT2D eigenvalue weighted by atomic mass is 16.5. The predicted octanol–water partition coefficient (Wildman–Crippen LogP) is 4.30. The van der Waals surface area contributed by atoms with Gasteiger partial charge in [0.05, 0.1) is 7.11 Å². The van der Waals surface area contributed by atoms with Gasteiger partial charge in [-0.25, -0.2) is 4.98 Å². The van der Waals surface area contributed by atoms with E-state index < -0.39 is 0 Å². The number of hydrogen-bond acceptors (Lipinski definition) is 4. The third kappa shape index (κ3) is 3.83. The number of aryl methyl sites for hydroxylation is 1. The fourth-order valence-electron chi connectivity index (χ4n) is 3.50. The van der Waals surface area contributed by atoms with Gasteiger partial charge in [0.15, 0.2) is 0 Å². The molecule has 1 amide bonds. The van der Waals surface area contributed by atoms with Crippen LogP contribution in [0.15, 0.2) is 66.9 Å². The van der Waals surface area contributed by atoms with Crippen molar-refractivity contribution < 1.29 is 9.53 Å². The van der Waals surface area contributed by atoms with Crippen LogP contribution < -0.4 is 15.0 Å². The highest BCUT2D eigenvalue weighted by molar-refractivity contribution is 6.07. The largest absolute Gasteiger partial charge is 0.497 e. The average Bonchev–Trinajstić information content (AvgIpc) is 2.77. The summed E-state index contributed by atoms with van der Waals surface area (Å²) in [5.74, 6) is 1.53. The molecule has 0 spiro atoms. The molecule has 0 fully saturated rings. The number of aromatic nitrogens is 1. The fraction of sp³-hybridized carbons (Fsp3) is 0.217. The fourth-order valence-corrected chi connectivity index (χ4v) is 3.50. The number of rotatable bonds is 5. The molecule has 0 aliphatic carbocycles. The van der Waals surface area contributed by atoms with E-state index in [2.05, 4.69) is 16.4 Å². The smallest absolute Gasteiger partial charge is 0.258 e. The van der Waals surface area contributed by atoms with E-state index in [9.17, 15) is 4.79 Å². The molecule has 4 rings (SSSR count). The summed E-state index contributed by atoms with van der Waals surface area (Å²) in [5, 5.41) is 3.29. The Kier molecular flexibility index (Phi) is 5.24. The number of anilines is 2. The zero-order valence-corrected chi connectivity index (χ0v) is 15.9. The minimum absolute atomic E-state index is 0.0158. The van der Waals surface area contributed by atoms with Gasteiger partial charge in [-0.15, -0.1) is 0 Å². The summed E-state index contributed by atoms with van der Waals surface area (Å²) < 4.78 is 5.18. The second-order valence-electron chi connectivity index (χ2n) is 6.82. The number of hydrogen-bond donors (Lipinski definition) is 1. The van der Waals surface area contributed by atoms with Crippen molar-refractivity contribution in [3.05, 3.63) is 83.6 Å². The molecule has 3 aromatic rings. The Morgan fingerprint density at radius 2 is 1.96 bits per heavy atom. The van der Waals surface area contributed by atoms with E-state index in [1.54, 1.807) is 19.4 Å². The summed E-state index contributed by atoms with van der Waals surface area (Å²) in [6, 6.07) is 19.6. The minimum atomic E-state index is 0.0158. The summed E-state index contributed by atoms with van der Waals surface area (Å²) >= 11 is 0. The highest BCUT2D eigenvalue weighted by Crippen LogP contribution is 2.28. The number of nitrogens with zero attached hydrogens (tertiary/aromatic N) is 2. The summed E-state index contributed by atoms with van der Waals surface area (Å²) in [7, 11) is 1.65. The maximum Gasteiger partial charge on any atom is 0.258 e. The Morgan fingerprint density at radius 1 is 1.14 bits per heavy atom. The molecule has 5 heteroatoms. The molecule has 2 heterocycles. The summed E-state index contributed by atoms with van der Waals surface area (Å²) in [5.41, 5.74) is 4.01. The molecule has 0 atom stereocenters. The zero-order chi connectivity index (χ0) is 19.3. The lowest BCUT2D eigenvalue weighted by Gasteiger charge is -2.29. The van der Waals surface area contributed by atoms with Gasteiger partial charge < -0.3 is 15.0 Å². The summed E-state index contributed by atoms with van der Waals surface area (Å²) in [6.07, 6.45) is 3.68. The number of carbonyl (C=O) groups excluding carboxylic acids is 1. The lowest BCUT2D eigenvalue weighted by atomic mass is 10.0. The number of amides is 1. The van der Waals surface area contributed by atoms with Crippen LogP contribution in [0.3, 0.4) is 0 Å². The molecule has 1 aliphatic heterocycles. The number of ether oxygens (including phenoxy) is 1. The number of para-hydroxylation sites is 1. The number of benzene rings is 2. The zero-order valence-electron chi connectivity index (χ0n) is 15.9. The van der Waals surface area contributed by atoms with Crippen LogP contribution in [0.5, 0.6) is 5.75 Å². The van der Waals surface area contributed by atoms with E-state index in [1.807, 2.05) is 53.4 Å². The predicted molar refractivity (Wildman–Crippen MR) is 111 cm³/mol. The van der Waals surface area contributed by atoms with Crippen LogP contribution >= 0.6 is 0 Å². The third-order valence-corrected chi connectivity index (χ3v) is 4.99. The average molecular weight is 373 g/mol. The molecule has 0 saturated heterocycles. The SMILES string of the molecule is COc1ccc(CNc2cc(C(=O)N3CCCc4ccccc43)ccn2)cc1. The second kappa shape index (κ2) is 8.13. The van der Waals surface area contributed by atoms with Crippen molar-refractivity contribution in [2.45, 2.75) is 19.4 Å². The molecule has 0 saturated carbocycles. The van der Waals surface area contributed by atoms with Gasteiger partial charge in [0.1, 0.15) is 11.6 Å². The van der Waals surface area contributed by atoms with Gasteiger partial charge in [-0.3, -0.25) is 4.79 Å². The van der Waals surface area contributed by atoms with Crippen LogP contribution in [0.25, 0.3) is 0 Å². The Hall–Kier alpha value is -3.34. The number of pyridine rings is 1. The third-order valence-electron chi connectivity index (χ3n) is 4.99. The van der Waals surface area contributed by atoms with Crippen molar-refractivity contribution >= 4 is 17.4 Å². The molecule has 1 aromatic heterocycles. The maximum absolute atomic E-state index is 13.1. The quantitative estimate of drug-likeness (QED) is 0.725. The molecule has 0 bridgehead atoms. The van der Waals surface area contributed by atoms with E-state index in [1.165, 1.54) is 5.56 Å². The van der Waals surface area contributed by atoms with Crippen molar-refractivity contribution in [1.82, 2.24) is 4.98 Å². The Labute approximate surface area is 165 Å². The first-order valence-electron chi connectivity index (χ1n) is 9.47. The summed E-state index contributed by atoms with van der Waals surface area (Å²) in [6.45, 7) is 1.37. The summed E-state index contributed by atoms with van der Waals surface area (Å²) in [4.78, 5) is 19.3. The van der Waals surface area contributed by atoms with E-state index in [0.29, 0.717) is 17.9 Å². The lowest BCUT2D eigenvalue weighted by molar-refractivity contribution is 0.0985. The molecule has 142 valence electrons. The van der Waals surface area contributed by atoms with Gasteiger partial charge in [0.2, 0.25) is 0 Å². The van der Waals surface area contributed by atoms with E-state index in [-0.39, 0.29) is 5.91 Å². The monoisotopic (exact) mass is 373 g/mol. The van der Waals surface area contributed by atoms with Crippen LogP contribution in [-0.4, -0.2) is 24.5 Å². The minimum Gasteiger partial charge on any atom is -0.497 e. The van der Waals surface area contributed by atoms with Gasteiger partial charge in [-0.2, -0.15) is 0 Å². The number of fused-ring (bicyclic) bond motifs is 1. The van der Waals surface area contributed by atoms with Gasteiger partial charge in [0.25, 0.3) is 5.91 Å². The normalized spacial score (nSPS) is 13.0. The molecular formula is C23H23N3O2. The van der Waals surface area contributed by atoms with Gasteiger partial charge in [-0.1, -0.05) is 30.3 Å². The lowest BCUT2D eigenvalue weighted by Crippen LogP contribution is -2.35. The molecule has 0 unspecified atom stereocenters. The Morgan fingerprint density at radius 3 is 2.79 bits per heavy atom. The van der Waals surface area contributed by atoms with Crippen LogP contribution in [0.2, 0.25) is 0 Å². The van der Waals surface area contributed by atoms with Crippen molar-refractivity contribution in [3.63, 3.8) is 0 Å². The first-order valence-corrected chi connectivity index (χ1v) is 9.47. The topological polar surface area (TPSA) is 54.5 Å². The van der Waals surface area contributed by atoms with Crippen LogP contribution in [0.4, 0.5) is 11.5 Å². The van der Waals surface area contributed by atoms with Crippen molar-refractivity contribution in [2.24, 2.45) is 0 Å². The van der Waals surface area contributed by atoms with E-state index in [0.717, 1.165) is 36.4 Å². The molecule has 28 heavy (non-hydrogen) atoms. The van der Waals surface area contributed by atoms with Crippen LogP contribution in [-0.2, 0) is 13.0 Å². The Bertz CT molecular complexity index is 970. The maximum atomic E-state index is 13.1. The van der Waals surface area contributed by atoms with Crippen molar-refractivity contribution in [3.8, 4) is 5.75 Å². The standard InChI is InChI=1S/C23H23N3O2/c1-28-20-10-8-17(9-11-20)16-25-22-15-19(12-13-24-22)23(27)26-14-4-6-18-5-2-3-7-21(18)26/h2-3,5,7-13,15H,4,6,14,16H2,1H3,(H,24,25). The molecule has 2 aromatic carbocycles. The number of carbonyl (C=O) groups is 1. The van der Waals surface area contributed by atoms with Gasteiger partial charge in [0, 0.05) is 30.5 Å². The van der Waals surface area contributed by atoms with E-state index >= 15 is 0 Å². The van der Waals surface area contributed by atoms with Crippen molar-refractivity contribution in [2.75, 3.05) is 23.9 Å². The molecule has 1 N–H and O–H groups in total. The van der Waals surface area contributed by atoms with Crippen LogP contribution in [0.1, 0.15) is 27.9 Å². The molecule has 0 radical (unpaired) electrons. The molecule has 5 nitrogen and oxygen atoms in total. The molecule has 1 aliphatic rings. The first kappa shape index (κ1) is 18.0. The number of methoxy groups -OCH3 is 1. The highest BCUT2D eigenvalue weighted by Gasteiger charge is 2.23. The van der Waals surface area contributed by atoms with Crippen LogP contribution in [0, 0.1) is 0 Å². The Balaban J connectivity index is 1.48. The second-order valence-corrected chi connectivity index (χ2v) is 6.82. The van der Waals surface area contributed by atoms with Gasteiger partial charge in [-0.05, 0) is 54.3 Å². The molecular weight excluding hydrogens is 350 g/mol. The first-order chi connectivity index (χ1) is 13.7. The van der Waals surface area contributed by atoms with E-state index in [4.69, 9.17) is 4.74 Å². The van der Waals surface area contributed by atoms with Crippen molar-refractivity contribution in [1.29, 1.82) is 0 Å². The van der Waals surface area contributed by atoms with Gasteiger partial charge >= 0.3 is 0 Å².